The smallest absolute Gasteiger partial charge is 0.340 e. The third kappa shape index (κ3) is 3.05. The summed E-state index contributed by atoms with van der Waals surface area (Å²) in [4.78, 5) is 12.4. The van der Waals surface area contributed by atoms with Gasteiger partial charge in [0.2, 0.25) is 0 Å². The van der Waals surface area contributed by atoms with Gasteiger partial charge in [-0.1, -0.05) is 0 Å². The minimum absolute atomic E-state index is 0.252. The van der Waals surface area contributed by atoms with Gasteiger partial charge in [-0.3, -0.25) is 0 Å². The Morgan fingerprint density at radius 2 is 2.08 bits per heavy atom. The van der Waals surface area contributed by atoms with Crippen LogP contribution in [0.1, 0.15) is 48.7 Å². The fraction of sp³-hybridized carbons (Fsp3) is 0.500. The van der Waals surface area contributed by atoms with Gasteiger partial charge in [0.25, 0.3) is 0 Å². The minimum atomic E-state index is -0.335. The number of rotatable bonds is 5. The topological polar surface area (TPSA) is 66.5 Å². The van der Waals surface area contributed by atoms with Crippen molar-refractivity contribution in [2.75, 3.05) is 6.61 Å². The Bertz CT molecular complexity index is 763. The summed E-state index contributed by atoms with van der Waals surface area (Å²) in [7, 11) is 1.91. The first-order valence-electron chi connectivity index (χ1n) is 8.41. The first-order chi connectivity index (χ1) is 11.6. The summed E-state index contributed by atoms with van der Waals surface area (Å²) in [6.07, 6.45) is 4.83. The van der Waals surface area contributed by atoms with E-state index >= 15 is 0 Å². The zero-order valence-electron chi connectivity index (χ0n) is 14.1. The number of halogens is 1. The van der Waals surface area contributed by atoms with Gasteiger partial charge in [0.15, 0.2) is 0 Å². The van der Waals surface area contributed by atoms with E-state index in [2.05, 4.69) is 15.9 Å². The molecule has 0 spiro atoms. The molecule has 1 fully saturated rings. The summed E-state index contributed by atoms with van der Waals surface area (Å²) in [5.74, 6) is 0.437. The molecule has 2 N–H and O–H groups in total. The van der Waals surface area contributed by atoms with Crippen molar-refractivity contribution in [1.29, 1.82) is 0 Å². The molecule has 130 valence electrons. The first kappa shape index (κ1) is 17.3. The second-order valence-corrected chi connectivity index (χ2v) is 6.98. The quantitative estimate of drug-likeness (QED) is 0.780. The molecule has 1 aromatic heterocycles. The molecule has 6 heteroatoms. The zero-order valence-corrected chi connectivity index (χ0v) is 15.7. The SMILES string of the molecule is CCOC(=O)c1c(CN)n(C)c2cc(Br)c(OC3CCCC3)cc12. The van der Waals surface area contributed by atoms with Crippen molar-refractivity contribution in [3.8, 4) is 5.75 Å². The predicted molar refractivity (Wildman–Crippen MR) is 97.4 cm³/mol. The zero-order chi connectivity index (χ0) is 17.3. The van der Waals surface area contributed by atoms with Crippen LogP contribution in [0.4, 0.5) is 0 Å². The van der Waals surface area contributed by atoms with E-state index in [9.17, 15) is 4.79 Å². The molecule has 1 aromatic carbocycles. The van der Waals surface area contributed by atoms with Crippen LogP contribution in [0.2, 0.25) is 0 Å². The van der Waals surface area contributed by atoms with Gasteiger partial charge in [0, 0.05) is 24.7 Å². The lowest BCUT2D eigenvalue weighted by atomic mass is 10.1. The van der Waals surface area contributed by atoms with E-state index < -0.39 is 0 Å². The van der Waals surface area contributed by atoms with Crippen molar-refractivity contribution in [1.82, 2.24) is 4.57 Å². The number of hydrogen-bond acceptors (Lipinski definition) is 4. The molecule has 24 heavy (non-hydrogen) atoms. The van der Waals surface area contributed by atoms with E-state index in [1.807, 2.05) is 23.7 Å². The lowest BCUT2D eigenvalue weighted by Gasteiger charge is -2.15. The maximum Gasteiger partial charge on any atom is 0.340 e. The van der Waals surface area contributed by atoms with Crippen molar-refractivity contribution in [2.24, 2.45) is 12.8 Å². The number of ether oxygens (including phenoxy) is 2. The number of aromatic nitrogens is 1. The molecule has 3 rings (SSSR count). The minimum Gasteiger partial charge on any atom is -0.489 e. The van der Waals surface area contributed by atoms with Gasteiger partial charge >= 0.3 is 5.97 Å². The molecule has 0 atom stereocenters. The van der Waals surface area contributed by atoms with E-state index in [1.165, 1.54) is 12.8 Å². The number of aryl methyl sites for hydroxylation is 1. The highest BCUT2D eigenvalue weighted by Gasteiger charge is 2.24. The average Bonchev–Trinajstić information content (AvgIpc) is 3.15. The Hall–Kier alpha value is -1.53. The Labute approximate surface area is 150 Å². The number of fused-ring (bicyclic) bond motifs is 1. The van der Waals surface area contributed by atoms with Crippen LogP contribution in [0.15, 0.2) is 16.6 Å². The van der Waals surface area contributed by atoms with Crippen LogP contribution in [-0.2, 0) is 18.3 Å². The Morgan fingerprint density at radius 3 is 2.71 bits per heavy atom. The van der Waals surface area contributed by atoms with Crippen LogP contribution in [-0.4, -0.2) is 23.2 Å². The average molecular weight is 395 g/mol. The van der Waals surface area contributed by atoms with Crippen LogP contribution in [0.5, 0.6) is 5.75 Å². The van der Waals surface area contributed by atoms with Gasteiger partial charge in [0.05, 0.1) is 28.3 Å². The molecule has 0 amide bonds. The van der Waals surface area contributed by atoms with Crippen molar-refractivity contribution in [3.05, 3.63) is 27.9 Å². The molecule has 0 aliphatic heterocycles. The molecule has 0 bridgehead atoms. The maximum absolute atomic E-state index is 12.4. The Morgan fingerprint density at radius 1 is 1.38 bits per heavy atom. The summed E-state index contributed by atoms with van der Waals surface area (Å²) >= 11 is 3.60. The van der Waals surface area contributed by atoms with Crippen LogP contribution in [0.25, 0.3) is 10.9 Å². The molecule has 1 aliphatic rings. The van der Waals surface area contributed by atoms with Crippen molar-refractivity contribution >= 4 is 32.8 Å². The Balaban J connectivity index is 2.11. The second kappa shape index (κ2) is 7.15. The summed E-state index contributed by atoms with van der Waals surface area (Å²) in [6.45, 7) is 2.41. The fourth-order valence-electron chi connectivity index (χ4n) is 3.44. The van der Waals surface area contributed by atoms with Gasteiger partial charge in [-0.2, -0.15) is 0 Å². The maximum atomic E-state index is 12.4. The highest BCUT2D eigenvalue weighted by Crippen LogP contribution is 2.37. The fourth-order valence-corrected chi connectivity index (χ4v) is 3.86. The molecule has 2 aromatic rings. The second-order valence-electron chi connectivity index (χ2n) is 6.13. The van der Waals surface area contributed by atoms with Crippen molar-refractivity contribution < 1.29 is 14.3 Å². The number of nitrogens with zero attached hydrogens (tertiary/aromatic N) is 1. The molecule has 0 unspecified atom stereocenters. The van der Waals surface area contributed by atoms with Gasteiger partial charge < -0.3 is 19.8 Å². The number of benzene rings is 1. The Kier molecular flexibility index (Phi) is 5.15. The number of carbonyl (C=O) groups is 1. The lowest BCUT2D eigenvalue weighted by Crippen LogP contribution is -2.12. The number of esters is 1. The number of carbonyl (C=O) groups excluding carboxylic acids is 1. The van der Waals surface area contributed by atoms with E-state index in [0.29, 0.717) is 12.2 Å². The molecule has 5 nitrogen and oxygen atoms in total. The third-order valence-electron chi connectivity index (χ3n) is 4.64. The summed E-state index contributed by atoms with van der Waals surface area (Å²) in [5, 5.41) is 0.826. The van der Waals surface area contributed by atoms with Gasteiger partial charge in [-0.15, -0.1) is 0 Å². The summed E-state index contributed by atoms with van der Waals surface area (Å²) in [6, 6.07) is 3.92. The molecular weight excluding hydrogens is 372 g/mol. The lowest BCUT2D eigenvalue weighted by molar-refractivity contribution is 0.0527. The monoisotopic (exact) mass is 394 g/mol. The van der Waals surface area contributed by atoms with Crippen LogP contribution in [0, 0.1) is 0 Å². The first-order valence-corrected chi connectivity index (χ1v) is 9.20. The summed E-state index contributed by atoms with van der Waals surface area (Å²) in [5.41, 5.74) is 8.13. The van der Waals surface area contributed by atoms with E-state index in [1.54, 1.807) is 6.92 Å². The van der Waals surface area contributed by atoms with E-state index in [0.717, 1.165) is 39.7 Å². The van der Waals surface area contributed by atoms with Crippen LogP contribution in [0.3, 0.4) is 0 Å². The van der Waals surface area contributed by atoms with Crippen LogP contribution >= 0.6 is 15.9 Å². The number of hydrogen-bond donors (Lipinski definition) is 1. The van der Waals surface area contributed by atoms with Crippen molar-refractivity contribution in [3.63, 3.8) is 0 Å². The highest BCUT2D eigenvalue weighted by molar-refractivity contribution is 9.10. The third-order valence-corrected chi connectivity index (χ3v) is 5.26. The normalized spacial score (nSPS) is 15.2. The van der Waals surface area contributed by atoms with Crippen molar-refractivity contribution in [2.45, 2.75) is 45.3 Å². The van der Waals surface area contributed by atoms with Gasteiger partial charge in [0.1, 0.15) is 5.75 Å². The van der Waals surface area contributed by atoms with Gasteiger partial charge in [-0.05, 0) is 60.7 Å². The van der Waals surface area contributed by atoms with E-state index in [-0.39, 0.29) is 18.6 Å². The molecule has 1 aliphatic carbocycles. The standard InChI is InChI=1S/C18H23BrN2O3/c1-3-23-18(22)17-12-8-16(24-11-6-4-5-7-11)13(19)9-14(12)21(2)15(17)10-20/h8-9,11H,3-7,10,20H2,1-2H3. The molecule has 1 saturated carbocycles. The predicted octanol–water partition coefficient (Wildman–Crippen LogP) is 3.90. The molecule has 0 saturated heterocycles. The highest BCUT2D eigenvalue weighted by atomic mass is 79.9. The molecule has 1 heterocycles. The van der Waals surface area contributed by atoms with E-state index in [4.69, 9.17) is 15.2 Å². The molecular formula is C18H23BrN2O3. The molecule has 0 radical (unpaired) electrons. The largest absolute Gasteiger partial charge is 0.489 e. The van der Waals surface area contributed by atoms with Crippen LogP contribution < -0.4 is 10.5 Å². The van der Waals surface area contributed by atoms with Gasteiger partial charge in [-0.25, -0.2) is 4.79 Å². The summed E-state index contributed by atoms with van der Waals surface area (Å²) < 4.78 is 14.2. The number of nitrogens with two attached hydrogens (primary N) is 1.